The van der Waals surface area contributed by atoms with Gasteiger partial charge in [-0.3, -0.25) is 4.79 Å². The number of aromatic amines is 1. The summed E-state index contributed by atoms with van der Waals surface area (Å²) in [4.78, 5) is 14.8. The van der Waals surface area contributed by atoms with Crippen molar-refractivity contribution in [2.45, 2.75) is 45.1 Å². The van der Waals surface area contributed by atoms with Crippen molar-refractivity contribution >= 4 is 0 Å². The Morgan fingerprint density at radius 2 is 2.10 bits per heavy atom. The van der Waals surface area contributed by atoms with Gasteiger partial charge in [0, 0.05) is 23.1 Å². The molecule has 0 saturated carbocycles. The molecule has 1 aromatic rings. The molecule has 0 radical (unpaired) electrons. The Balaban J connectivity index is 2.41. The van der Waals surface area contributed by atoms with Crippen LogP contribution in [0.3, 0.4) is 0 Å². The number of hydrogen-bond acceptors (Lipinski definition) is 2. The summed E-state index contributed by atoms with van der Waals surface area (Å²) in [6.07, 6.45) is 5.29. The van der Waals surface area contributed by atoms with Crippen molar-refractivity contribution in [2.24, 2.45) is 11.7 Å². The molecule has 106 valence electrons. The summed E-state index contributed by atoms with van der Waals surface area (Å²) in [6, 6.07) is 3.50. The van der Waals surface area contributed by atoms with Crippen molar-refractivity contribution in [3.8, 4) is 0 Å². The van der Waals surface area contributed by atoms with Gasteiger partial charge >= 0.3 is 0 Å². The Hall–Kier alpha value is -1.61. The van der Waals surface area contributed by atoms with Crippen LogP contribution in [-0.2, 0) is 11.0 Å². The van der Waals surface area contributed by atoms with Gasteiger partial charge in [0.2, 0.25) is 5.56 Å². The average molecular weight is 270 g/mol. The minimum Gasteiger partial charge on any atom is -0.325 e. The first-order valence-corrected chi connectivity index (χ1v) is 7.18. The molecule has 3 heteroatoms. The van der Waals surface area contributed by atoms with Crippen LogP contribution >= 0.6 is 0 Å². The standard InChI is InChI=1S/C17H22N2O/c1-5-11-13-8-10(2)9-17(11,18)12-6-7-14(20)19-15(12)16(13,3)4/h5-8,13H,9,18H2,1-4H3,(H,19,20)/b11-5+/t13-,17-/m1/s1. The number of allylic oxidation sites excluding steroid dienone is 2. The summed E-state index contributed by atoms with van der Waals surface area (Å²) >= 11 is 0. The molecule has 2 aliphatic carbocycles. The zero-order valence-electron chi connectivity index (χ0n) is 12.6. The molecule has 2 bridgehead atoms. The number of aromatic nitrogens is 1. The average Bonchev–Trinajstić information content (AvgIpc) is 2.36. The van der Waals surface area contributed by atoms with Gasteiger partial charge < -0.3 is 10.7 Å². The molecule has 0 unspecified atom stereocenters. The number of pyridine rings is 1. The predicted molar refractivity (Wildman–Crippen MR) is 81.6 cm³/mol. The molecule has 2 aliphatic rings. The first-order chi connectivity index (χ1) is 9.30. The van der Waals surface area contributed by atoms with Gasteiger partial charge in [0.15, 0.2) is 0 Å². The molecule has 3 nitrogen and oxygen atoms in total. The van der Waals surface area contributed by atoms with Gasteiger partial charge in [-0.25, -0.2) is 0 Å². The van der Waals surface area contributed by atoms with E-state index in [4.69, 9.17) is 5.73 Å². The van der Waals surface area contributed by atoms with E-state index >= 15 is 0 Å². The highest BCUT2D eigenvalue weighted by Crippen LogP contribution is 2.54. The van der Waals surface area contributed by atoms with Crippen LogP contribution in [0.15, 0.2) is 40.2 Å². The maximum Gasteiger partial charge on any atom is 0.248 e. The molecule has 2 atom stereocenters. The smallest absolute Gasteiger partial charge is 0.248 e. The Kier molecular flexibility index (Phi) is 2.64. The van der Waals surface area contributed by atoms with E-state index in [2.05, 4.69) is 44.8 Å². The molecule has 1 heterocycles. The minimum atomic E-state index is -0.479. The lowest BCUT2D eigenvalue weighted by Gasteiger charge is -2.52. The van der Waals surface area contributed by atoms with Gasteiger partial charge in [0.25, 0.3) is 0 Å². The summed E-state index contributed by atoms with van der Waals surface area (Å²) < 4.78 is 0. The number of nitrogens with one attached hydrogen (secondary N) is 1. The summed E-state index contributed by atoms with van der Waals surface area (Å²) in [5, 5.41) is 0. The zero-order valence-corrected chi connectivity index (χ0v) is 12.6. The number of H-pyrrole nitrogens is 1. The zero-order chi connectivity index (χ0) is 14.7. The lowest BCUT2D eigenvalue weighted by Crippen LogP contribution is -2.54. The largest absolute Gasteiger partial charge is 0.325 e. The van der Waals surface area contributed by atoms with E-state index in [1.54, 1.807) is 6.07 Å². The van der Waals surface area contributed by atoms with Crippen molar-refractivity contribution < 1.29 is 0 Å². The summed E-state index contributed by atoms with van der Waals surface area (Å²) in [7, 11) is 0. The quantitative estimate of drug-likeness (QED) is 0.712. The fraction of sp³-hybridized carbons (Fsp3) is 0.471. The van der Waals surface area contributed by atoms with Crippen LogP contribution in [-0.4, -0.2) is 4.98 Å². The second-order valence-corrected chi connectivity index (χ2v) is 6.72. The molecule has 3 rings (SSSR count). The van der Waals surface area contributed by atoms with E-state index in [-0.39, 0.29) is 16.9 Å². The second kappa shape index (κ2) is 3.95. The van der Waals surface area contributed by atoms with Gasteiger partial charge in [-0.15, -0.1) is 0 Å². The Morgan fingerprint density at radius 1 is 1.40 bits per heavy atom. The molecule has 0 aliphatic heterocycles. The molecule has 0 saturated heterocycles. The highest BCUT2D eigenvalue weighted by Gasteiger charge is 2.51. The van der Waals surface area contributed by atoms with Crippen LogP contribution in [0.25, 0.3) is 0 Å². The minimum absolute atomic E-state index is 0.0527. The summed E-state index contributed by atoms with van der Waals surface area (Å²) in [5.74, 6) is 0.247. The topological polar surface area (TPSA) is 58.9 Å². The van der Waals surface area contributed by atoms with Crippen LogP contribution in [0.2, 0.25) is 0 Å². The van der Waals surface area contributed by atoms with Gasteiger partial charge in [0.05, 0.1) is 5.54 Å². The number of fused-ring (bicyclic) bond motifs is 4. The lowest BCUT2D eigenvalue weighted by atomic mass is 9.55. The molecule has 20 heavy (non-hydrogen) atoms. The van der Waals surface area contributed by atoms with E-state index in [1.165, 1.54) is 11.1 Å². The monoisotopic (exact) mass is 270 g/mol. The Morgan fingerprint density at radius 3 is 2.75 bits per heavy atom. The van der Waals surface area contributed by atoms with Crippen LogP contribution < -0.4 is 11.3 Å². The number of hydrogen-bond donors (Lipinski definition) is 2. The van der Waals surface area contributed by atoms with E-state index < -0.39 is 5.54 Å². The third-order valence-electron chi connectivity index (χ3n) is 4.99. The van der Waals surface area contributed by atoms with Gasteiger partial charge in [-0.2, -0.15) is 0 Å². The Bertz CT molecular complexity index is 693. The van der Waals surface area contributed by atoms with Gasteiger partial charge in [0.1, 0.15) is 0 Å². The maximum absolute atomic E-state index is 11.7. The Labute approximate surface area is 119 Å². The van der Waals surface area contributed by atoms with Crippen molar-refractivity contribution in [3.63, 3.8) is 0 Å². The first-order valence-electron chi connectivity index (χ1n) is 7.18. The number of nitrogens with two attached hydrogens (primary N) is 1. The van der Waals surface area contributed by atoms with Crippen LogP contribution in [0.5, 0.6) is 0 Å². The summed E-state index contributed by atoms with van der Waals surface area (Å²) in [5.41, 5.74) is 10.8. The van der Waals surface area contributed by atoms with Crippen molar-refractivity contribution in [3.05, 3.63) is 57.0 Å². The van der Waals surface area contributed by atoms with Gasteiger partial charge in [-0.05, 0) is 37.5 Å². The second-order valence-electron chi connectivity index (χ2n) is 6.72. The van der Waals surface area contributed by atoms with E-state index in [9.17, 15) is 4.79 Å². The summed E-state index contributed by atoms with van der Waals surface area (Å²) in [6.45, 7) is 8.58. The molecule has 1 aromatic heterocycles. The van der Waals surface area contributed by atoms with Crippen molar-refractivity contribution in [1.82, 2.24) is 4.98 Å². The fourth-order valence-corrected chi connectivity index (χ4v) is 4.05. The van der Waals surface area contributed by atoms with Crippen molar-refractivity contribution in [2.75, 3.05) is 0 Å². The fourth-order valence-electron chi connectivity index (χ4n) is 4.05. The number of rotatable bonds is 0. The molecule has 3 N–H and O–H groups in total. The van der Waals surface area contributed by atoms with E-state index in [1.807, 2.05) is 6.07 Å². The molecule has 0 spiro atoms. The van der Waals surface area contributed by atoms with E-state index in [0.717, 1.165) is 17.7 Å². The van der Waals surface area contributed by atoms with Crippen LogP contribution in [0.4, 0.5) is 0 Å². The van der Waals surface area contributed by atoms with Gasteiger partial charge in [-0.1, -0.05) is 31.6 Å². The molecule has 0 amide bonds. The highest BCUT2D eigenvalue weighted by molar-refractivity contribution is 5.53. The maximum atomic E-state index is 11.7. The van der Waals surface area contributed by atoms with Crippen molar-refractivity contribution in [1.29, 1.82) is 0 Å². The highest BCUT2D eigenvalue weighted by atomic mass is 16.1. The molecule has 0 aromatic carbocycles. The normalized spacial score (nSPS) is 32.8. The first kappa shape index (κ1) is 13.4. The molecule has 0 fully saturated rings. The lowest BCUT2D eigenvalue weighted by molar-refractivity contribution is 0.298. The predicted octanol–water partition coefficient (Wildman–Crippen LogP) is 2.73. The molecular weight excluding hydrogens is 248 g/mol. The van der Waals surface area contributed by atoms with E-state index in [0.29, 0.717) is 0 Å². The third kappa shape index (κ3) is 1.53. The SMILES string of the molecule is C/C=C1\[C@H]2C=C(C)C[C@]1(N)c1ccc(=O)[nH]c1C2(C)C. The molecular formula is C17H22N2O. The van der Waals surface area contributed by atoms with Crippen LogP contribution in [0, 0.1) is 5.92 Å². The van der Waals surface area contributed by atoms with Crippen LogP contribution in [0.1, 0.15) is 45.4 Å². The third-order valence-corrected chi connectivity index (χ3v) is 4.99.